The number of aliphatic hydroxyl groups excluding tert-OH is 1. The van der Waals surface area contributed by atoms with Gasteiger partial charge in [-0.25, -0.2) is 0 Å². The van der Waals surface area contributed by atoms with Crippen LogP contribution in [0.1, 0.15) is 251 Å². The first-order valence-electron chi connectivity index (χ1n) is 24.7. The quantitative estimate of drug-likeness (QED) is 0.0377. The standard InChI is InChI=1S/C52H94O5/c1-3-5-7-9-11-12-13-14-15-16-17-18-19-20-21-22-23-24-25-26-27-28-29-30-31-32-33-34-35-36-37-38-39-40-41-43-45-47-52(55)57-50(48-53)49-56-51(54)46-44-42-10-8-6-4-2/h5,7,11-12,14-15,17-18,50,53H,3-4,6,8-10,13,16,19-49H2,1-2H3/b7-5-,12-11-,15-14-,18-17-. The van der Waals surface area contributed by atoms with Crippen molar-refractivity contribution in [1.82, 2.24) is 0 Å². The third-order valence-corrected chi connectivity index (χ3v) is 10.9. The average Bonchev–Trinajstić information content (AvgIpc) is 3.21. The van der Waals surface area contributed by atoms with Gasteiger partial charge in [-0.3, -0.25) is 9.59 Å². The minimum absolute atomic E-state index is 0.0621. The number of hydrogen-bond donors (Lipinski definition) is 1. The van der Waals surface area contributed by atoms with Crippen LogP contribution in [0.5, 0.6) is 0 Å². The maximum absolute atomic E-state index is 12.2. The zero-order valence-corrected chi connectivity index (χ0v) is 37.9. The summed E-state index contributed by atoms with van der Waals surface area (Å²) in [5.41, 5.74) is 0. The summed E-state index contributed by atoms with van der Waals surface area (Å²) in [6, 6.07) is 0. The highest BCUT2D eigenvalue weighted by molar-refractivity contribution is 5.70. The molecule has 0 aliphatic carbocycles. The van der Waals surface area contributed by atoms with Gasteiger partial charge in [0, 0.05) is 12.8 Å². The van der Waals surface area contributed by atoms with E-state index in [0.29, 0.717) is 12.8 Å². The number of hydrogen-bond acceptors (Lipinski definition) is 5. The van der Waals surface area contributed by atoms with Crippen LogP contribution in [0, 0.1) is 0 Å². The molecule has 0 aromatic heterocycles. The van der Waals surface area contributed by atoms with Crippen molar-refractivity contribution in [2.45, 2.75) is 258 Å². The Bertz CT molecular complexity index is 950. The van der Waals surface area contributed by atoms with Gasteiger partial charge in [-0.15, -0.1) is 0 Å². The predicted molar refractivity (Wildman–Crippen MR) is 247 cm³/mol. The van der Waals surface area contributed by atoms with Crippen LogP contribution in [0.4, 0.5) is 0 Å². The second kappa shape index (κ2) is 48.2. The molecular weight excluding hydrogens is 705 g/mol. The highest BCUT2D eigenvalue weighted by Gasteiger charge is 2.16. The molecule has 0 aromatic rings. The third kappa shape index (κ3) is 46.4. The molecule has 1 unspecified atom stereocenters. The lowest BCUT2D eigenvalue weighted by Crippen LogP contribution is -2.28. The minimum atomic E-state index is -0.764. The maximum Gasteiger partial charge on any atom is 0.306 e. The van der Waals surface area contributed by atoms with Crippen LogP contribution < -0.4 is 0 Å². The summed E-state index contributed by atoms with van der Waals surface area (Å²) in [6.07, 6.45) is 62.6. The summed E-state index contributed by atoms with van der Waals surface area (Å²) in [6.45, 7) is 3.97. The minimum Gasteiger partial charge on any atom is -0.462 e. The Morgan fingerprint density at radius 3 is 1.14 bits per heavy atom. The molecule has 0 heterocycles. The monoisotopic (exact) mass is 799 g/mol. The fourth-order valence-electron chi connectivity index (χ4n) is 7.19. The smallest absolute Gasteiger partial charge is 0.306 e. The Kier molecular flexibility index (Phi) is 46.4. The lowest BCUT2D eigenvalue weighted by Gasteiger charge is -2.15. The zero-order valence-electron chi connectivity index (χ0n) is 37.9. The van der Waals surface area contributed by atoms with Crippen LogP contribution in [0.2, 0.25) is 0 Å². The highest BCUT2D eigenvalue weighted by atomic mass is 16.6. The van der Waals surface area contributed by atoms with Gasteiger partial charge < -0.3 is 14.6 Å². The molecule has 0 amide bonds. The molecule has 0 rings (SSSR count). The van der Waals surface area contributed by atoms with Crippen LogP contribution in [-0.4, -0.2) is 36.4 Å². The van der Waals surface area contributed by atoms with Crippen LogP contribution in [0.25, 0.3) is 0 Å². The number of esters is 2. The van der Waals surface area contributed by atoms with Crippen molar-refractivity contribution in [1.29, 1.82) is 0 Å². The molecule has 0 spiro atoms. The Hall–Kier alpha value is -2.14. The molecule has 0 aliphatic heterocycles. The van der Waals surface area contributed by atoms with Crippen molar-refractivity contribution in [2.75, 3.05) is 13.2 Å². The SMILES string of the molecule is CC/C=C\C/C=C\C/C=C\C/C=C\CCCCCCCCCCCCCCCCCCCCCCCCCCC(=O)OC(CO)COC(=O)CCCCCCCC. The molecule has 0 aliphatic rings. The normalized spacial score (nSPS) is 12.5. The van der Waals surface area contributed by atoms with Crippen molar-refractivity contribution in [2.24, 2.45) is 0 Å². The van der Waals surface area contributed by atoms with Crippen molar-refractivity contribution >= 4 is 11.9 Å². The van der Waals surface area contributed by atoms with Gasteiger partial charge in [-0.05, 0) is 51.4 Å². The second-order valence-electron chi connectivity index (χ2n) is 16.5. The first-order valence-corrected chi connectivity index (χ1v) is 24.7. The summed E-state index contributed by atoms with van der Waals surface area (Å²) < 4.78 is 10.5. The fourth-order valence-corrected chi connectivity index (χ4v) is 7.19. The van der Waals surface area contributed by atoms with E-state index in [2.05, 4.69) is 62.5 Å². The number of carbonyl (C=O) groups excluding carboxylic acids is 2. The lowest BCUT2D eigenvalue weighted by molar-refractivity contribution is -0.161. The number of carbonyl (C=O) groups is 2. The molecule has 0 saturated carbocycles. The van der Waals surface area contributed by atoms with Crippen molar-refractivity contribution in [3.63, 3.8) is 0 Å². The summed E-state index contributed by atoms with van der Waals surface area (Å²) in [7, 11) is 0. The maximum atomic E-state index is 12.2. The topological polar surface area (TPSA) is 72.8 Å². The fraction of sp³-hybridized carbons (Fsp3) is 0.808. The van der Waals surface area contributed by atoms with Gasteiger partial charge in [0.05, 0.1) is 6.61 Å². The van der Waals surface area contributed by atoms with Gasteiger partial charge in [0.25, 0.3) is 0 Å². The second-order valence-corrected chi connectivity index (χ2v) is 16.5. The summed E-state index contributed by atoms with van der Waals surface area (Å²) in [5.74, 6) is -0.591. The van der Waals surface area contributed by atoms with E-state index in [-0.39, 0.29) is 25.2 Å². The van der Waals surface area contributed by atoms with Gasteiger partial charge in [-0.1, -0.05) is 236 Å². The molecule has 332 valence electrons. The Labute approximate surface area is 354 Å². The van der Waals surface area contributed by atoms with Crippen molar-refractivity contribution < 1.29 is 24.2 Å². The van der Waals surface area contributed by atoms with Crippen LogP contribution in [0.3, 0.4) is 0 Å². The van der Waals surface area contributed by atoms with Crippen molar-refractivity contribution in [3.05, 3.63) is 48.6 Å². The van der Waals surface area contributed by atoms with E-state index in [1.54, 1.807) is 0 Å². The van der Waals surface area contributed by atoms with Gasteiger partial charge in [0.2, 0.25) is 0 Å². The molecule has 5 nitrogen and oxygen atoms in total. The van der Waals surface area contributed by atoms with E-state index in [4.69, 9.17) is 9.47 Å². The highest BCUT2D eigenvalue weighted by Crippen LogP contribution is 2.16. The van der Waals surface area contributed by atoms with E-state index in [0.717, 1.165) is 64.2 Å². The molecule has 1 atom stereocenters. The van der Waals surface area contributed by atoms with Crippen LogP contribution >= 0.6 is 0 Å². The molecular formula is C52H94O5. The molecule has 5 heteroatoms. The largest absolute Gasteiger partial charge is 0.462 e. The number of ether oxygens (including phenoxy) is 2. The molecule has 0 bridgehead atoms. The van der Waals surface area contributed by atoms with E-state index in [1.807, 2.05) is 0 Å². The molecule has 57 heavy (non-hydrogen) atoms. The van der Waals surface area contributed by atoms with E-state index >= 15 is 0 Å². The Morgan fingerprint density at radius 1 is 0.421 bits per heavy atom. The molecule has 0 saturated heterocycles. The summed E-state index contributed by atoms with van der Waals surface area (Å²) in [5, 5.41) is 9.52. The first kappa shape index (κ1) is 54.9. The van der Waals surface area contributed by atoms with Gasteiger partial charge >= 0.3 is 11.9 Å². The van der Waals surface area contributed by atoms with Gasteiger partial charge in [0.1, 0.15) is 6.61 Å². The van der Waals surface area contributed by atoms with E-state index in [1.165, 1.54) is 161 Å². The molecule has 0 fully saturated rings. The summed E-state index contributed by atoms with van der Waals surface area (Å²) in [4.78, 5) is 24.1. The predicted octanol–water partition coefficient (Wildman–Crippen LogP) is 16.1. The number of rotatable bonds is 45. The Balaban J connectivity index is 3.34. The molecule has 0 radical (unpaired) electrons. The number of aliphatic hydroxyl groups is 1. The third-order valence-electron chi connectivity index (χ3n) is 10.9. The molecule has 1 N–H and O–H groups in total. The van der Waals surface area contributed by atoms with Crippen LogP contribution in [0.15, 0.2) is 48.6 Å². The Morgan fingerprint density at radius 2 is 0.754 bits per heavy atom. The van der Waals surface area contributed by atoms with Gasteiger partial charge in [-0.2, -0.15) is 0 Å². The van der Waals surface area contributed by atoms with Crippen molar-refractivity contribution in [3.8, 4) is 0 Å². The summed E-state index contributed by atoms with van der Waals surface area (Å²) >= 11 is 0. The first-order chi connectivity index (χ1) is 28.1. The average molecular weight is 799 g/mol. The zero-order chi connectivity index (χ0) is 41.4. The van der Waals surface area contributed by atoms with E-state index in [9.17, 15) is 14.7 Å². The van der Waals surface area contributed by atoms with Gasteiger partial charge in [0.15, 0.2) is 6.10 Å². The molecule has 0 aromatic carbocycles. The van der Waals surface area contributed by atoms with Crippen LogP contribution in [-0.2, 0) is 19.1 Å². The van der Waals surface area contributed by atoms with E-state index < -0.39 is 6.10 Å². The lowest BCUT2D eigenvalue weighted by atomic mass is 10.0. The number of allylic oxidation sites excluding steroid dienone is 8. The number of unbranched alkanes of at least 4 members (excludes halogenated alkanes) is 29.